The molecule has 9 nitrogen and oxygen atoms in total. The second kappa shape index (κ2) is 10.9. The first-order valence-corrected chi connectivity index (χ1v) is 12.5. The molecule has 10 heteroatoms. The van der Waals surface area contributed by atoms with Gasteiger partial charge in [0.25, 0.3) is 0 Å². The van der Waals surface area contributed by atoms with E-state index in [0.29, 0.717) is 45.6 Å². The molecule has 0 spiro atoms. The molecule has 2 heterocycles. The number of sulfonamides is 1. The Morgan fingerprint density at radius 3 is 1.94 bits per heavy atom. The molecule has 1 aromatic carbocycles. The Kier molecular flexibility index (Phi) is 8.25. The van der Waals surface area contributed by atoms with Crippen LogP contribution >= 0.6 is 0 Å². The summed E-state index contributed by atoms with van der Waals surface area (Å²) in [7, 11) is -3.56. The number of carbonyl (C=O) groups excluding carboxylic acids is 3. The molecule has 0 unspecified atom stereocenters. The van der Waals surface area contributed by atoms with E-state index in [4.69, 9.17) is 4.74 Å². The maximum Gasteiger partial charge on any atom is 0.309 e. The molecule has 176 valence electrons. The van der Waals surface area contributed by atoms with Gasteiger partial charge < -0.3 is 14.5 Å². The minimum Gasteiger partial charge on any atom is -0.466 e. The highest BCUT2D eigenvalue weighted by Gasteiger charge is 2.31. The minimum absolute atomic E-state index is 0.0917. The van der Waals surface area contributed by atoms with Crippen molar-refractivity contribution in [2.75, 3.05) is 45.9 Å². The van der Waals surface area contributed by atoms with Crippen molar-refractivity contribution in [1.82, 2.24) is 14.1 Å². The van der Waals surface area contributed by atoms with Crippen molar-refractivity contribution in [3.8, 4) is 0 Å². The van der Waals surface area contributed by atoms with Crippen molar-refractivity contribution in [2.24, 2.45) is 5.92 Å². The minimum atomic E-state index is -3.56. The van der Waals surface area contributed by atoms with Crippen LogP contribution in [-0.4, -0.2) is 86.2 Å². The molecule has 0 atom stereocenters. The molecule has 2 aliphatic heterocycles. The highest BCUT2D eigenvalue weighted by atomic mass is 32.2. The maximum atomic E-state index is 12.7. The van der Waals surface area contributed by atoms with Gasteiger partial charge in [0.1, 0.15) is 0 Å². The fourth-order valence-electron chi connectivity index (χ4n) is 4.07. The largest absolute Gasteiger partial charge is 0.466 e. The number of piperazine rings is 1. The number of rotatable bonds is 7. The van der Waals surface area contributed by atoms with Crippen LogP contribution in [0.1, 0.15) is 32.6 Å². The van der Waals surface area contributed by atoms with Gasteiger partial charge in [-0.15, -0.1) is 0 Å². The lowest BCUT2D eigenvalue weighted by molar-refractivity contribution is -0.151. The highest BCUT2D eigenvalue weighted by Crippen LogP contribution is 2.20. The summed E-state index contributed by atoms with van der Waals surface area (Å²) in [5, 5.41) is 0. The Bertz CT molecular complexity index is 905. The van der Waals surface area contributed by atoms with Gasteiger partial charge in [-0.2, -0.15) is 4.31 Å². The molecule has 0 N–H and O–H groups in total. The second-order valence-corrected chi connectivity index (χ2v) is 9.94. The van der Waals surface area contributed by atoms with Gasteiger partial charge in [0.2, 0.25) is 21.8 Å². The zero-order chi connectivity index (χ0) is 23.1. The van der Waals surface area contributed by atoms with Crippen LogP contribution in [0.25, 0.3) is 0 Å². The number of ether oxygens (including phenoxy) is 1. The summed E-state index contributed by atoms with van der Waals surface area (Å²) in [6.07, 6.45) is 1.38. The van der Waals surface area contributed by atoms with E-state index in [1.165, 1.54) is 4.31 Å². The monoisotopic (exact) mass is 465 g/mol. The van der Waals surface area contributed by atoms with Crippen LogP contribution < -0.4 is 0 Å². The van der Waals surface area contributed by atoms with Gasteiger partial charge in [-0.3, -0.25) is 14.4 Å². The van der Waals surface area contributed by atoms with E-state index in [1.807, 2.05) is 0 Å². The number of amides is 2. The lowest BCUT2D eigenvalue weighted by Gasteiger charge is -2.34. The standard InChI is InChI=1S/C22H31N3O6S/c1-2-31-22(28)18-10-12-23(13-11-18)20(26)8-9-21(27)24-14-16-25(17-15-24)32(29,30)19-6-4-3-5-7-19/h3-7,18H,2,8-17H2,1H3. The van der Waals surface area contributed by atoms with Crippen LogP contribution in [0.2, 0.25) is 0 Å². The first kappa shape index (κ1) is 24.2. The Morgan fingerprint density at radius 1 is 0.875 bits per heavy atom. The number of piperidine rings is 1. The SMILES string of the molecule is CCOC(=O)C1CCN(C(=O)CCC(=O)N2CCN(S(=O)(=O)c3ccccc3)CC2)CC1. The van der Waals surface area contributed by atoms with Crippen LogP contribution in [0, 0.1) is 5.92 Å². The molecule has 2 amide bonds. The normalized spacial score (nSPS) is 18.4. The summed E-state index contributed by atoms with van der Waals surface area (Å²) in [5.74, 6) is -0.602. The first-order valence-electron chi connectivity index (χ1n) is 11.1. The summed E-state index contributed by atoms with van der Waals surface area (Å²) in [6, 6.07) is 8.26. The predicted molar refractivity (Wildman–Crippen MR) is 117 cm³/mol. The van der Waals surface area contributed by atoms with Crippen molar-refractivity contribution >= 4 is 27.8 Å². The third-order valence-corrected chi connectivity index (χ3v) is 7.91. The fraction of sp³-hybridized carbons (Fsp3) is 0.591. The second-order valence-electron chi connectivity index (χ2n) is 8.01. The molecule has 0 aliphatic carbocycles. The number of benzene rings is 1. The van der Waals surface area contributed by atoms with E-state index in [-0.39, 0.29) is 54.5 Å². The van der Waals surface area contributed by atoms with Gasteiger partial charge in [-0.25, -0.2) is 8.42 Å². The fourth-order valence-corrected chi connectivity index (χ4v) is 5.52. The Morgan fingerprint density at radius 2 is 1.41 bits per heavy atom. The third kappa shape index (κ3) is 5.86. The molecular weight excluding hydrogens is 434 g/mol. The van der Waals surface area contributed by atoms with Crippen molar-refractivity contribution in [1.29, 1.82) is 0 Å². The van der Waals surface area contributed by atoms with E-state index in [1.54, 1.807) is 47.1 Å². The molecule has 0 aromatic heterocycles. The van der Waals surface area contributed by atoms with E-state index >= 15 is 0 Å². The third-order valence-electron chi connectivity index (χ3n) is 5.99. The Balaban J connectivity index is 1.41. The van der Waals surface area contributed by atoms with Gasteiger partial charge in [0.05, 0.1) is 17.4 Å². The van der Waals surface area contributed by atoms with Gasteiger partial charge in [0, 0.05) is 52.1 Å². The van der Waals surface area contributed by atoms with Gasteiger partial charge >= 0.3 is 5.97 Å². The van der Waals surface area contributed by atoms with Crippen LogP contribution in [0.3, 0.4) is 0 Å². The zero-order valence-corrected chi connectivity index (χ0v) is 19.3. The molecule has 0 radical (unpaired) electrons. The van der Waals surface area contributed by atoms with Crippen molar-refractivity contribution in [2.45, 2.75) is 37.5 Å². The average molecular weight is 466 g/mol. The molecule has 3 rings (SSSR count). The summed E-state index contributed by atoms with van der Waals surface area (Å²) in [4.78, 5) is 40.4. The number of hydrogen-bond donors (Lipinski definition) is 0. The smallest absolute Gasteiger partial charge is 0.309 e. The predicted octanol–water partition coefficient (Wildman–Crippen LogP) is 1.10. The molecule has 1 aromatic rings. The van der Waals surface area contributed by atoms with Crippen LogP contribution in [0.5, 0.6) is 0 Å². The van der Waals surface area contributed by atoms with Gasteiger partial charge in [-0.1, -0.05) is 18.2 Å². The molecule has 2 aliphatic rings. The number of esters is 1. The quantitative estimate of drug-likeness (QED) is 0.559. The van der Waals surface area contributed by atoms with Crippen LogP contribution in [-0.2, 0) is 29.1 Å². The zero-order valence-electron chi connectivity index (χ0n) is 18.4. The maximum absolute atomic E-state index is 12.7. The lowest BCUT2D eigenvalue weighted by Crippen LogP contribution is -2.50. The molecule has 2 fully saturated rings. The average Bonchev–Trinajstić information content (AvgIpc) is 2.83. The van der Waals surface area contributed by atoms with Crippen molar-refractivity contribution in [3.63, 3.8) is 0 Å². The van der Waals surface area contributed by atoms with Gasteiger partial charge in [0.15, 0.2) is 0 Å². The summed E-state index contributed by atoms with van der Waals surface area (Å²) < 4.78 is 31.8. The number of carbonyl (C=O) groups is 3. The first-order chi connectivity index (χ1) is 15.3. The summed E-state index contributed by atoms with van der Waals surface area (Å²) in [5.41, 5.74) is 0. The van der Waals surface area contributed by atoms with E-state index < -0.39 is 10.0 Å². The number of likely N-dealkylation sites (tertiary alicyclic amines) is 1. The highest BCUT2D eigenvalue weighted by molar-refractivity contribution is 7.89. The molecule has 0 saturated carbocycles. The van der Waals surface area contributed by atoms with E-state index in [9.17, 15) is 22.8 Å². The molecule has 32 heavy (non-hydrogen) atoms. The van der Waals surface area contributed by atoms with Crippen molar-refractivity contribution in [3.05, 3.63) is 30.3 Å². The van der Waals surface area contributed by atoms with E-state index in [2.05, 4.69) is 0 Å². The lowest BCUT2D eigenvalue weighted by atomic mass is 9.96. The Labute approximate surface area is 189 Å². The molecule has 0 bridgehead atoms. The van der Waals surface area contributed by atoms with Gasteiger partial charge in [-0.05, 0) is 31.9 Å². The summed E-state index contributed by atoms with van der Waals surface area (Å²) in [6.45, 7) is 4.20. The van der Waals surface area contributed by atoms with Crippen LogP contribution in [0.4, 0.5) is 0 Å². The number of nitrogens with zero attached hydrogens (tertiary/aromatic N) is 3. The topological polar surface area (TPSA) is 104 Å². The molecule has 2 saturated heterocycles. The number of hydrogen-bond acceptors (Lipinski definition) is 6. The Hall–Kier alpha value is -2.46. The molecular formula is C22H31N3O6S. The summed E-state index contributed by atoms with van der Waals surface area (Å²) >= 11 is 0. The van der Waals surface area contributed by atoms with E-state index in [0.717, 1.165) is 0 Å². The van der Waals surface area contributed by atoms with Crippen molar-refractivity contribution < 1.29 is 27.5 Å². The van der Waals surface area contributed by atoms with Crippen LogP contribution in [0.15, 0.2) is 35.2 Å².